The van der Waals surface area contributed by atoms with Crippen molar-refractivity contribution in [3.63, 3.8) is 0 Å². The van der Waals surface area contributed by atoms with Crippen LogP contribution >= 0.6 is 0 Å². The summed E-state index contributed by atoms with van der Waals surface area (Å²) >= 11 is 0. The number of hydrogen-bond acceptors (Lipinski definition) is 3. The van der Waals surface area contributed by atoms with Crippen molar-refractivity contribution in [2.75, 3.05) is 0 Å². The number of carbonyl (C=O) groups is 2. The number of ether oxygens (including phenoxy) is 1. The van der Waals surface area contributed by atoms with Crippen molar-refractivity contribution in [3.05, 3.63) is 0 Å². The number of rotatable bonds is 9. The zero-order valence-corrected chi connectivity index (χ0v) is 12.2. The molecule has 0 bridgehead atoms. The van der Waals surface area contributed by atoms with E-state index in [9.17, 15) is 9.59 Å². The van der Waals surface area contributed by atoms with E-state index in [1.165, 1.54) is 25.7 Å². The van der Waals surface area contributed by atoms with Crippen LogP contribution in [0.5, 0.6) is 0 Å². The predicted octanol–water partition coefficient (Wildman–Crippen LogP) is 2.95. The highest BCUT2D eigenvalue weighted by molar-refractivity contribution is 5.88. The van der Waals surface area contributed by atoms with E-state index in [-0.39, 0.29) is 18.0 Å². The van der Waals surface area contributed by atoms with Gasteiger partial charge in [-0.3, -0.25) is 4.79 Å². The molecule has 0 aromatic rings. The summed E-state index contributed by atoms with van der Waals surface area (Å²) in [5.41, 5.74) is 0. The van der Waals surface area contributed by atoms with Crippen LogP contribution in [-0.2, 0) is 14.3 Å². The molecule has 0 saturated carbocycles. The third-order valence-electron chi connectivity index (χ3n) is 3.65. The molecule has 0 aromatic carbocycles. The summed E-state index contributed by atoms with van der Waals surface area (Å²) in [5, 5.41) is 2.65. The first-order chi connectivity index (χ1) is 9.17. The Morgan fingerprint density at radius 2 is 2.05 bits per heavy atom. The second-order valence-corrected chi connectivity index (χ2v) is 5.33. The molecule has 4 heteroatoms. The van der Waals surface area contributed by atoms with Crippen LogP contribution in [0, 0.1) is 0 Å². The molecule has 0 aromatic heterocycles. The topological polar surface area (TPSA) is 55.4 Å². The number of esters is 1. The van der Waals surface area contributed by atoms with Crippen molar-refractivity contribution in [1.82, 2.24) is 5.32 Å². The fourth-order valence-electron chi connectivity index (χ4n) is 2.36. The van der Waals surface area contributed by atoms with E-state index in [1.54, 1.807) is 0 Å². The van der Waals surface area contributed by atoms with E-state index in [2.05, 4.69) is 12.2 Å². The zero-order valence-electron chi connectivity index (χ0n) is 12.2. The fourth-order valence-corrected chi connectivity index (χ4v) is 2.36. The van der Waals surface area contributed by atoms with E-state index >= 15 is 0 Å². The molecule has 4 nitrogen and oxygen atoms in total. The van der Waals surface area contributed by atoms with Crippen molar-refractivity contribution >= 4 is 11.9 Å². The molecular formula is C15H27NO3. The maximum atomic E-state index is 11.9. The van der Waals surface area contributed by atoms with E-state index in [1.807, 2.05) is 6.92 Å². The van der Waals surface area contributed by atoms with Gasteiger partial charge in [0.2, 0.25) is 5.91 Å². The molecule has 110 valence electrons. The van der Waals surface area contributed by atoms with Crippen LogP contribution in [0.15, 0.2) is 0 Å². The van der Waals surface area contributed by atoms with Gasteiger partial charge >= 0.3 is 5.97 Å². The Morgan fingerprint density at radius 1 is 1.32 bits per heavy atom. The summed E-state index contributed by atoms with van der Waals surface area (Å²) in [6.45, 7) is 4.24. The lowest BCUT2D eigenvalue weighted by Gasteiger charge is -2.18. The van der Waals surface area contributed by atoms with Crippen molar-refractivity contribution in [2.24, 2.45) is 0 Å². The van der Waals surface area contributed by atoms with Gasteiger partial charge in [0, 0.05) is 6.42 Å². The Morgan fingerprint density at radius 3 is 2.63 bits per heavy atom. The molecule has 0 radical (unpaired) electrons. The van der Waals surface area contributed by atoms with E-state index in [0.717, 1.165) is 19.3 Å². The Kier molecular flexibility index (Phi) is 7.53. The van der Waals surface area contributed by atoms with E-state index in [0.29, 0.717) is 12.8 Å². The number of carbonyl (C=O) groups excluding carboxylic acids is 2. The quantitative estimate of drug-likeness (QED) is 0.517. The molecule has 0 aliphatic carbocycles. The second kappa shape index (κ2) is 8.94. The molecule has 1 aliphatic heterocycles. The van der Waals surface area contributed by atoms with Crippen LogP contribution in [0.25, 0.3) is 0 Å². The molecule has 1 amide bonds. The van der Waals surface area contributed by atoms with Crippen molar-refractivity contribution in [1.29, 1.82) is 0 Å². The van der Waals surface area contributed by atoms with Crippen LogP contribution < -0.4 is 5.32 Å². The minimum absolute atomic E-state index is 0.00614. The molecule has 1 aliphatic rings. The molecule has 1 saturated heterocycles. The largest absolute Gasteiger partial charge is 0.461 e. The van der Waals surface area contributed by atoms with Crippen molar-refractivity contribution < 1.29 is 14.3 Å². The monoisotopic (exact) mass is 269 g/mol. The number of unbranched alkanes of at least 4 members (excludes halogenated alkanes) is 4. The lowest BCUT2D eigenvalue weighted by molar-refractivity contribution is -0.152. The van der Waals surface area contributed by atoms with Gasteiger partial charge in [0.25, 0.3) is 0 Å². The molecule has 1 unspecified atom stereocenters. The van der Waals surface area contributed by atoms with E-state index < -0.39 is 6.04 Å². The SMILES string of the molecule is CCCCCCCC(CC)OC(=O)[C@@H]1CCC(=O)N1. The van der Waals surface area contributed by atoms with Gasteiger partial charge in [-0.05, 0) is 25.7 Å². The molecule has 1 N–H and O–H groups in total. The summed E-state index contributed by atoms with van der Waals surface area (Å²) in [5.74, 6) is -0.305. The molecule has 1 fully saturated rings. The van der Waals surface area contributed by atoms with Crippen LogP contribution in [0.2, 0.25) is 0 Å². The summed E-state index contributed by atoms with van der Waals surface area (Å²) in [6.07, 6.45) is 8.92. The highest BCUT2D eigenvalue weighted by Crippen LogP contribution is 2.15. The summed E-state index contributed by atoms with van der Waals surface area (Å²) in [6, 6.07) is -0.415. The number of amides is 1. The van der Waals surface area contributed by atoms with Crippen LogP contribution in [0.3, 0.4) is 0 Å². The highest BCUT2D eigenvalue weighted by Gasteiger charge is 2.29. The van der Waals surface area contributed by atoms with Crippen LogP contribution in [0.4, 0.5) is 0 Å². The normalized spacial score (nSPS) is 20.1. The summed E-state index contributed by atoms with van der Waals surface area (Å²) < 4.78 is 5.48. The van der Waals surface area contributed by atoms with E-state index in [4.69, 9.17) is 4.74 Å². The summed E-state index contributed by atoms with van der Waals surface area (Å²) in [4.78, 5) is 22.9. The van der Waals surface area contributed by atoms with Gasteiger partial charge in [-0.2, -0.15) is 0 Å². The minimum Gasteiger partial charge on any atom is -0.461 e. The first-order valence-electron chi connectivity index (χ1n) is 7.67. The van der Waals surface area contributed by atoms with Crippen molar-refractivity contribution in [2.45, 2.75) is 83.8 Å². The molecule has 2 atom stereocenters. The van der Waals surface area contributed by atoms with Crippen LogP contribution in [-0.4, -0.2) is 24.0 Å². The third kappa shape index (κ3) is 6.08. The third-order valence-corrected chi connectivity index (χ3v) is 3.65. The van der Waals surface area contributed by atoms with Gasteiger partial charge in [0.05, 0.1) is 0 Å². The first-order valence-corrected chi connectivity index (χ1v) is 7.67. The van der Waals surface area contributed by atoms with Gasteiger partial charge in [-0.25, -0.2) is 4.79 Å². The molecule has 19 heavy (non-hydrogen) atoms. The first kappa shape index (κ1) is 16.0. The average Bonchev–Trinajstić information content (AvgIpc) is 2.83. The highest BCUT2D eigenvalue weighted by atomic mass is 16.5. The predicted molar refractivity (Wildman–Crippen MR) is 74.7 cm³/mol. The smallest absolute Gasteiger partial charge is 0.328 e. The Hall–Kier alpha value is -1.06. The standard InChI is InChI=1S/C15H27NO3/c1-3-5-6-7-8-9-12(4-2)19-15(18)13-10-11-14(17)16-13/h12-13H,3-11H2,1-2H3,(H,16,17)/t12?,13-/m0/s1. The summed E-state index contributed by atoms with van der Waals surface area (Å²) in [7, 11) is 0. The van der Waals surface area contributed by atoms with Crippen molar-refractivity contribution in [3.8, 4) is 0 Å². The maximum Gasteiger partial charge on any atom is 0.328 e. The lowest BCUT2D eigenvalue weighted by Crippen LogP contribution is -2.36. The Bertz CT molecular complexity index is 291. The molecule has 1 heterocycles. The lowest BCUT2D eigenvalue weighted by atomic mass is 10.1. The number of nitrogens with one attached hydrogen (secondary N) is 1. The Balaban J connectivity index is 2.19. The van der Waals surface area contributed by atoms with Gasteiger partial charge in [0.15, 0.2) is 0 Å². The van der Waals surface area contributed by atoms with Crippen LogP contribution in [0.1, 0.15) is 71.6 Å². The average molecular weight is 269 g/mol. The molecular weight excluding hydrogens is 242 g/mol. The zero-order chi connectivity index (χ0) is 14.1. The Labute approximate surface area is 116 Å². The van der Waals surface area contributed by atoms with Gasteiger partial charge < -0.3 is 10.1 Å². The van der Waals surface area contributed by atoms with Gasteiger partial charge in [-0.1, -0.05) is 39.5 Å². The second-order valence-electron chi connectivity index (χ2n) is 5.33. The maximum absolute atomic E-state index is 11.9. The van der Waals surface area contributed by atoms with Gasteiger partial charge in [0.1, 0.15) is 12.1 Å². The number of hydrogen-bond donors (Lipinski definition) is 1. The van der Waals surface area contributed by atoms with Gasteiger partial charge in [-0.15, -0.1) is 0 Å². The fraction of sp³-hybridized carbons (Fsp3) is 0.867. The molecule has 1 rings (SSSR count). The molecule has 0 spiro atoms. The minimum atomic E-state index is -0.415.